The number of likely N-dealkylation sites (N-methyl/N-ethyl adjacent to an activating group) is 1. The number of nitrogens with one attached hydrogen (secondary N) is 1. The minimum absolute atomic E-state index is 0.0491. The number of hydrogen-bond acceptors (Lipinski definition) is 4. The number of hydrogen-bond donors (Lipinski definition) is 2. The standard InChI is InChI=1S/C13H17N5O2/c1-2-17(9-10-19)13(20)15-11-3-5-12(6-4-11)18-8-7-14-16-18/h3-8,19H,2,9-10H2,1H3,(H,15,20). The maximum atomic E-state index is 11.9. The Morgan fingerprint density at radius 3 is 2.70 bits per heavy atom. The number of nitrogens with zero attached hydrogens (tertiary/aromatic N) is 4. The first-order valence-electron chi connectivity index (χ1n) is 6.38. The molecule has 7 heteroatoms. The van der Waals surface area contributed by atoms with E-state index in [2.05, 4.69) is 15.6 Å². The molecule has 0 spiro atoms. The van der Waals surface area contributed by atoms with Crippen molar-refractivity contribution in [2.24, 2.45) is 0 Å². The van der Waals surface area contributed by atoms with Crippen LogP contribution < -0.4 is 5.32 Å². The SMILES string of the molecule is CCN(CCO)C(=O)Nc1ccc(-n2ccnn2)cc1. The first-order valence-corrected chi connectivity index (χ1v) is 6.38. The van der Waals surface area contributed by atoms with E-state index in [0.717, 1.165) is 5.69 Å². The van der Waals surface area contributed by atoms with Gasteiger partial charge in [-0.3, -0.25) is 0 Å². The summed E-state index contributed by atoms with van der Waals surface area (Å²) in [5, 5.41) is 19.3. The number of benzene rings is 1. The van der Waals surface area contributed by atoms with Gasteiger partial charge in [0.15, 0.2) is 0 Å². The van der Waals surface area contributed by atoms with E-state index in [4.69, 9.17) is 5.11 Å². The normalized spacial score (nSPS) is 10.3. The van der Waals surface area contributed by atoms with Crippen LogP contribution in [0.1, 0.15) is 6.92 Å². The van der Waals surface area contributed by atoms with Crippen molar-refractivity contribution in [2.45, 2.75) is 6.92 Å². The van der Waals surface area contributed by atoms with Gasteiger partial charge < -0.3 is 15.3 Å². The van der Waals surface area contributed by atoms with E-state index >= 15 is 0 Å². The van der Waals surface area contributed by atoms with Crippen molar-refractivity contribution in [3.8, 4) is 5.69 Å². The van der Waals surface area contributed by atoms with Gasteiger partial charge >= 0.3 is 6.03 Å². The van der Waals surface area contributed by atoms with Crippen molar-refractivity contribution in [3.05, 3.63) is 36.7 Å². The third kappa shape index (κ3) is 3.33. The zero-order chi connectivity index (χ0) is 14.4. The Balaban J connectivity index is 2.02. The average Bonchev–Trinajstić information content (AvgIpc) is 2.99. The molecule has 0 aliphatic carbocycles. The molecule has 1 heterocycles. The topological polar surface area (TPSA) is 83.3 Å². The van der Waals surface area contributed by atoms with Crippen LogP contribution in [-0.4, -0.2) is 50.7 Å². The van der Waals surface area contributed by atoms with Gasteiger partial charge in [0.1, 0.15) is 0 Å². The zero-order valence-corrected chi connectivity index (χ0v) is 11.2. The van der Waals surface area contributed by atoms with Crippen molar-refractivity contribution in [3.63, 3.8) is 0 Å². The third-order valence-corrected chi connectivity index (χ3v) is 2.84. The van der Waals surface area contributed by atoms with Gasteiger partial charge in [0.2, 0.25) is 0 Å². The van der Waals surface area contributed by atoms with Gasteiger partial charge in [-0.15, -0.1) is 5.10 Å². The number of anilines is 1. The van der Waals surface area contributed by atoms with Crippen LogP contribution >= 0.6 is 0 Å². The number of carbonyl (C=O) groups excluding carboxylic acids is 1. The first kappa shape index (κ1) is 14.0. The van der Waals surface area contributed by atoms with Crippen molar-refractivity contribution < 1.29 is 9.90 Å². The van der Waals surface area contributed by atoms with Crippen molar-refractivity contribution in [1.29, 1.82) is 0 Å². The summed E-state index contributed by atoms with van der Waals surface area (Å²) in [4.78, 5) is 13.5. The minimum Gasteiger partial charge on any atom is -0.395 e. The van der Waals surface area contributed by atoms with Gasteiger partial charge in [-0.25, -0.2) is 9.48 Å². The molecule has 0 saturated heterocycles. The molecule has 0 fully saturated rings. The van der Waals surface area contributed by atoms with E-state index in [9.17, 15) is 4.79 Å². The molecule has 2 aromatic rings. The lowest BCUT2D eigenvalue weighted by Crippen LogP contribution is -2.36. The zero-order valence-electron chi connectivity index (χ0n) is 11.2. The molecule has 0 atom stereocenters. The molecule has 20 heavy (non-hydrogen) atoms. The second kappa shape index (κ2) is 6.67. The van der Waals surface area contributed by atoms with Crippen LogP contribution in [0.25, 0.3) is 5.69 Å². The van der Waals surface area contributed by atoms with E-state index in [1.54, 1.807) is 29.2 Å². The number of rotatable bonds is 5. The summed E-state index contributed by atoms with van der Waals surface area (Å²) in [6.07, 6.45) is 3.34. The summed E-state index contributed by atoms with van der Waals surface area (Å²) in [5.74, 6) is 0. The highest BCUT2D eigenvalue weighted by Crippen LogP contribution is 2.12. The summed E-state index contributed by atoms with van der Waals surface area (Å²) >= 11 is 0. The monoisotopic (exact) mass is 275 g/mol. The third-order valence-electron chi connectivity index (χ3n) is 2.84. The fraction of sp³-hybridized carbons (Fsp3) is 0.308. The molecule has 1 aromatic heterocycles. The van der Waals surface area contributed by atoms with E-state index < -0.39 is 0 Å². The van der Waals surface area contributed by atoms with Crippen LogP contribution in [0, 0.1) is 0 Å². The lowest BCUT2D eigenvalue weighted by molar-refractivity contribution is 0.192. The van der Waals surface area contributed by atoms with E-state index in [1.165, 1.54) is 4.90 Å². The molecular formula is C13H17N5O2. The maximum Gasteiger partial charge on any atom is 0.321 e. The van der Waals surface area contributed by atoms with Crippen LogP contribution in [0.5, 0.6) is 0 Å². The van der Waals surface area contributed by atoms with Gasteiger partial charge in [0.25, 0.3) is 0 Å². The molecule has 1 aromatic carbocycles. The first-order chi connectivity index (χ1) is 9.74. The van der Waals surface area contributed by atoms with Gasteiger partial charge in [-0.05, 0) is 31.2 Å². The molecule has 0 saturated carbocycles. The van der Waals surface area contributed by atoms with Crippen molar-refractivity contribution in [1.82, 2.24) is 19.9 Å². The van der Waals surface area contributed by atoms with Crippen LogP contribution in [0.4, 0.5) is 10.5 Å². The number of urea groups is 1. The average molecular weight is 275 g/mol. The Morgan fingerprint density at radius 1 is 1.40 bits per heavy atom. The van der Waals surface area contributed by atoms with Gasteiger partial charge in [0, 0.05) is 18.8 Å². The number of aromatic nitrogens is 3. The molecular weight excluding hydrogens is 258 g/mol. The largest absolute Gasteiger partial charge is 0.395 e. The highest BCUT2D eigenvalue weighted by molar-refractivity contribution is 5.89. The van der Waals surface area contributed by atoms with Gasteiger partial charge in [-0.1, -0.05) is 5.21 Å². The smallest absolute Gasteiger partial charge is 0.321 e. The Kier molecular flexibility index (Phi) is 4.67. The molecule has 2 rings (SSSR count). The fourth-order valence-corrected chi connectivity index (χ4v) is 1.77. The molecule has 0 aliphatic heterocycles. The Morgan fingerprint density at radius 2 is 2.15 bits per heavy atom. The van der Waals surface area contributed by atoms with E-state index in [-0.39, 0.29) is 12.6 Å². The quantitative estimate of drug-likeness (QED) is 0.856. The molecule has 7 nitrogen and oxygen atoms in total. The van der Waals surface area contributed by atoms with E-state index in [1.807, 2.05) is 19.1 Å². The molecule has 106 valence electrons. The molecule has 0 radical (unpaired) electrons. The minimum atomic E-state index is -0.227. The molecule has 2 N–H and O–H groups in total. The van der Waals surface area contributed by atoms with Gasteiger partial charge in [-0.2, -0.15) is 0 Å². The summed E-state index contributed by atoms with van der Waals surface area (Å²) in [7, 11) is 0. The van der Waals surface area contributed by atoms with Crippen LogP contribution in [-0.2, 0) is 0 Å². The van der Waals surface area contributed by atoms with Crippen LogP contribution in [0.2, 0.25) is 0 Å². The number of aliphatic hydroxyl groups is 1. The van der Waals surface area contributed by atoms with Crippen molar-refractivity contribution >= 4 is 11.7 Å². The predicted molar refractivity (Wildman–Crippen MR) is 74.7 cm³/mol. The lowest BCUT2D eigenvalue weighted by Gasteiger charge is -2.20. The van der Waals surface area contributed by atoms with Crippen LogP contribution in [0.3, 0.4) is 0 Å². The second-order valence-corrected chi connectivity index (χ2v) is 4.13. The Labute approximate surface area is 116 Å². The van der Waals surface area contributed by atoms with E-state index in [0.29, 0.717) is 18.8 Å². The summed E-state index contributed by atoms with van der Waals surface area (Å²) in [6.45, 7) is 2.68. The number of amides is 2. The maximum absolute atomic E-state index is 11.9. The predicted octanol–water partition coefficient (Wildman–Crippen LogP) is 1.11. The Hall–Kier alpha value is -2.41. The highest BCUT2D eigenvalue weighted by atomic mass is 16.3. The molecule has 0 aliphatic rings. The fourth-order valence-electron chi connectivity index (χ4n) is 1.77. The second-order valence-electron chi connectivity index (χ2n) is 4.13. The lowest BCUT2D eigenvalue weighted by atomic mass is 10.3. The number of carbonyl (C=O) groups is 1. The summed E-state index contributed by atoms with van der Waals surface area (Å²) in [5.41, 5.74) is 1.55. The highest BCUT2D eigenvalue weighted by Gasteiger charge is 2.10. The Bertz CT molecular complexity index is 538. The molecule has 2 amide bonds. The molecule has 0 unspecified atom stereocenters. The number of aliphatic hydroxyl groups excluding tert-OH is 1. The van der Waals surface area contributed by atoms with Crippen molar-refractivity contribution in [2.75, 3.05) is 25.0 Å². The van der Waals surface area contributed by atoms with Gasteiger partial charge in [0.05, 0.1) is 24.7 Å². The summed E-state index contributed by atoms with van der Waals surface area (Å²) in [6, 6.07) is 7.04. The summed E-state index contributed by atoms with van der Waals surface area (Å²) < 4.78 is 1.63. The molecule has 0 bridgehead atoms. The van der Waals surface area contributed by atoms with Crippen LogP contribution in [0.15, 0.2) is 36.7 Å².